The second-order valence-corrected chi connectivity index (χ2v) is 6.44. The number of rotatable bonds is 5. The van der Waals surface area contributed by atoms with Gasteiger partial charge in [-0.3, -0.25) is 4.79 Å². The van der Waals surface area contributed by atoms with Gasteiger partial charge in [0.2, 0.25) is 0 Å². The molecule has 0 aromatic carbocycles. The summed E-state index contributed by atoms with van der Waals surface area (Å²) >= 11 is 0. The molecule has 0 aliphatic heterocycles. The van der Waals surface area contributed by atoms with E-state index in [1.54, 1.807) is 7.11 Å². The molecule has 0 heterocycles. The molecule has 0 N–H and O–H groups in total. The van der Waals surface area contributed by atoms with E-state index in [1.807, 2.05) is 0 Å². The third-order valence-electron chi connectivity index (χ3n) is 4.39. The molecule has 1 saturated carbocycles. The van der Waals surface area contributed by atoms with E-state index in [0.29, 0.717) is 11.7 Å². The van der Waals surface area contributed by atoms with Crippen molar-refractivity contribution in [3.8, 4) is 0 Å². The first-order valence-electron chi connectivity index (χ1n) is 6.93. The first-order valence-corrected chi connectivity index (χ1v) is 6.93. The Hall–Kier alpha value is -0.370. The van der Waals surface area contributed by atoms with Crippen LogP contribution in [0.15, 0.2) is 0 Å². The number of methoxy groups -OCH3 is 1. The molecule has 1 fully saturated rings. The highest BCUT2D eigenvalue weighted by Crippen LogP contribution is 2.35. The average molecular weight is 240 g/mol. The van der Waals surface area contributed by atoms with Crippen LogP contribution in [-0.2, 0) is 9.53 Å². The lowest BCUT2D eigenvalue weighted by Crippen LogP contribution is -2.30. The average Bonchev–Trinajstić information content (AvgIpc) is 2.27. The molecule has 0 amide bonds. The van der Waals surface area contributed by atoms with Crippen LogP contribution >= 0.6 is 0 Å². The molecule has 17 heavy (non-hydrogen) atoms. The van der Waals surface area contributed by atoms with Crippen molar-refractivity contribution < 1.29 is 9.53 Å². The Morgan fingerprint density at radius 2 is 2.06 bits per heavy atom. The number of hydrogen-bond donors (Lipinski definition) is 0. The van der Waals surface area contributed by atoms with Gasteiger partial charge in [0.25, 0.3) is 0 Å². The predicted molar refractivity (Wildman–Crippen MR) is 71.0 cm³/mol. The van der Waals surface area contributed by atoms with E-state index in [2.05, 4.69) is 27.7 Å². The summed E-state index contributed by atoms with van der Waals surface area (Å²) in [5.74, 6) is 2.21. The summed E-state index contributed by atoms with van der Waals surface area (Å²) in [6, 6.07) is 0. The molecule has 1 aliphatic carbocycles. The third-order valence-corrected chi connectivity index (χ3v) is 4.39. The first-order chi connectivity index (χ1) is 7.85. The van der Waals surface area contributed by atoms with Crippen molar-refractivity contribution in [2.24, 2.45) is 17.8 Å². The van der Waals surface area contributed by atoms with E-state index in [1.165, 1.54) is 0 Å². The third kappa shape index (κ3) is 4.42. The van der Waals surface area contributed by atoms with Gasteiger partial charge in [-0.05, 0) is 51.4 Å². The van der Waals surface area contributed by atoms with Gasteiger partial charge < -0.3 is 4.74 Å². The topological polar surface area (TPSA) is 26.3 Å². The molecule has 0 bridgehead atoms. The van der Waals surface area contributed by atoms with Crippen LogP contribution < -0.4 is 0 Å². The molecule has 2 heteroatoms. The van der Waals surface area contributed by atoms with Crippen molar-refractivity contribution >= 4 is 5.78 Å². The van der Waals surface area contributed by atoms with Crippen molar-refractivity contribution in [2.45, 2.75) is 65.4 Å². The molecule has 1 rings (SSSR count). The van der Waals surface area contributed by atoms with E-state index in [9.17, 15) is 4.79 Å². The summed E-state index contributed by atoms with van der Waals surface area (Å²) in [6.45, 7) is 8.74. The Bertz CT molecular complexity index is 256. The SMILES string of the molecule is COC(C)(C)CCC1CC(C(C)C)CCC1=O. The van der Waals surface area contributed by atoms with Crippen molar-refractivity contribution in [1.82, 2.24) is 0 Å². The highest BCUT2D eigenvalue weighted by molar-refractivity contribution is 5.81. The van der Waals surface area contributed by atoms with Gasteiger partial charge in [-0.1, -0.05) is 13.8 Å². The molecule has 1 aliphatic rings. The van der Waals surface area contributed by atoms with Gasteiger partial charge in [0.05, 0.1) is 5.60 Å². The van der Waals surface area contributed by atoms with E-state index in [0.717, 1.165) is 38.0 Å². The molecule has 2 atom stereocenters. The van der Waals surface area contributed by atoms with Crippen molar-refractivity contribution in [3.05, 3.63) is 0 Å². The Morgan fingerprint density at radius 3 is 2.59 bits per heavy atom. The lowest BCUT2D eigenvalue weighted by molar-refractivity contribution is -0.126. The van der Waals surface area contributed by atoms with Gasteiger partial charge in [0, 0.05) is 19.4 Å². The number of carbonyl (C=O) groups excluding carboxylic acids is 1. The number of Topliss-reactive ketones (excluding diaryl/α,β-unsaturated/α-hetero) is 1. The molecular weight excluding hydrogens is 212 g/mol. The normalized spacial score (nSPS) is 26.6. The van der Waals surface area contributed by atoms with Crippen LogP contribution in [0, 0.1) is 17.8 Å². The molecule has 0 aromatic heterocycles. The smallest absolute Gasteiger partial charge is 0.135 e. The van der Waals surface area contributed by atoms with Gasteiger partial charge in [0.1, 0.15) is 5.78 Å². The Kier molecular flexibility index (Phi) is 5.18. The van der Waals surface area contributed by atoms with Crippen LogP contribution in [0.5, 0.6) is 0 Å². The Labute approximate surface area is 106 Å². The number of carbonyl (C=O) groups is 1. The monoisotopic (exact) mass is 240 g/mol. The number of ketones is 1. The van der Waals surface area contributed by atoms with Crippen molar-refractivity contribution in [3.63, 3.8) is 0 Å². The zero-order valence-corrected chi connectivity index (χ0v) is 12.1. The van der Waals surface area contributed by atoms with Gasteiger partial charge in [-0.15, -0.1) is 0 Å². The standard InChI is InChI=1S/C15H28O2/c1-11(2)12-6-7-14(16)13(10-12)8-9-15(3,4)17-5/h11-13H,6-10H2,1-5H3. The van der Waals surface area contributed by atoms with Crippen LogP contribution in [0.3, 0.4) is 0 Å². The molecular formula is C15H28O2. The zero-order chi connectivity index (χ0) is 13.1. The minimum absolute atomic E-state index is 0.0922. The summed E-state index contributed by atoms with van der Waals surface area (Å²) in [4.78, 5) is 11.9. The molecule has 0 aromatic rings. The second-order valence-electron chi connectivity index (χ2n) is 6.44. The lowest BCUT2D eigenvalue weighted by atomic mass is 9.73. The van der Waals surface area contributed by atoms with Crippen LogP contribution in [0.1, 0.15) is 59.8 Å². The van der Waals surface area contributed by atoms with E-state index < -0.39 is 0 Å². The summed E-state index contributed by atoms with van der Waals surface area (Å²) in [5.41, 5.74) is -0.0922. The summed E-state index contributed by atoms with van der Waals surface area (Å²) in [7, 11) is 1.75. The van der Waals surface area contributed by atoms with Gasteiger partial charge in [-0.25, -0.2) is 0 Å². The first kappa shape index (κ1) is 14.7. The molecule has 0 spiro atoms. The summed E-state index contributed by atoms with van der Waals surface area (Å²) < 4.78 is 5.43. The Balaban J connectivity index is 2.48. The van der Waals surface area contributed by atoms with E-state index >= 15 is 0 Å². The van der Waals surface area contributed by atoms with Crippen molar-refractivity contribution in [2.75, 3.05) is 7.11 Å². The summed E-state index contributed by atoms with van der Waals surface area (Å²) in [6.07, 6.45) is 4.95. The fraction of sp³-hybridized carbons (Fsp3) is 0.933. The summed E-state index contributed by atoms with van der Waals surface area (Å²) in [5, 5.41) is 0. The van der Waals surface area contributed by atoms with E-state index in [-0.39, 0.29) is 11.5 Å². The highest BCUT2D eigenvalue weighted by Gasteiger charge is 2.31. The van der Waals surface area contributed by atoms with Gasteiger partial charge >= 0.3 is 0 Å². The largest absolute Gasteiger partial charge is 0.379 e. The quantitative estimate of drug-likeness (QED) is 0.730. The van der Waals surface area contributed by atoms with Crippen molar-refractivity contribution in [1.29, 1.82) is 0 Å². The van der Waals surface area contributed by atoms with Gasteiger partial charge in [-0.2, -0.15) is 0 Å². The molecule has 100 valence electrons. The maximum absolute atomic E-state index is 11.9. The molecule has 2 nitrogen and oxygen atoms in total. The number of hydrogen-bond acceptors (Lipinski definition) is 2. The predicted octanol–water partition coefficient (Wildman–Crippen LogP) is 3.83. The van der Waals surface area contributed by atoms with Crippen LogP contribution in [0.4, 0.5) is 0 Å². The fourth-order valence-corrected chi connectivity index (χ4v) is 2.65. The molecule has 2 unspecified atom stereocenters. The molecule has 0 radical (unpaired) electrons. The number of ether oxygens (including phenoxy) is 1. The Morgan fingerprint density at radius 1 is 1.41 bits per heavy atom. The minimum Gasteiger partial charge on any atom is -0.379 e. The maximum Gasteiger partial charge on any atom is 0.135 e. The molecule has 0 saturated heterocycles. The zero-order valence-electron chi connectivity index (χ0n) is 12.1. The van der Waals surface area contributed by atoms with Crippen LogP contribution in [0.2, 0.25) is 0 Å². The maximum atomic E-state index is 11.9. The van der Waals surface area contributed by atoms with Gasteiger partial charge in [0.15, 0.2) is 0 Å². The van der Waals surface area contributed by atoms with E-state index in [4.69, 9.17) is 4.74 Å². The minimum atomic E-state index is -0.0922. The second kappa shape index (κ2) is 5.99. The lowest BCUT2D eigenvalue weighted by Gasteiger charge is -2.32. The fourth-order valence-electron chi connectivity index (χ4n) is 2.65. The highest BCUT2D eigenvalue weighted by atomic mass is 16.5. The van der Waals surface area contributed by atoms with Crippen LogP contribution in [-0.4, -0.2) is 18.5 Å². The van der Waals surface area contributed by atoms with Crippen LogP contribution in [0.25, 0.3) is 0 Å².